The predicted octanol–water partition coefficient (Wildman–Crippen LogP) is 4.60. The van der Waals surface area contributed by atoms with E-state index >= 15 is 0 Å². The van der Waals surface area contributed by atoms with Crippen LogP contribution in [0.3, 0.4) is 0 Å². The highest BCUT2D eigenvalue weighted by Crippen LogP contribution is 2.33. The predicted molar refractivity (Wildman–Crippen MR) is 69.5 cm³/mol. The van der Waals surface area contributed by atoms with Crippen molar-refractivity contribution in [3.63, 3.8) is 0 Å². The van der Waals surface area contributed by atoms with Gasteiger partial charge in [0.05, 0.1) is 0 Å². The van der Waals surface area contributed by atoms with E-state index in [0.717, 1.165) is 24.3 Å². The molecule has 0 radical (unpaired) electrons. The van der Waals surface area contributed by atoms with E-state index in [9.17, 15) is 18.3 Å². The summed E-state index contributed by atoms with van der Waals surface area (Å²) in [6.45, 7) is 0. The number of aliphatic hydroxyl groups excluding tert-OH is 1. The molecular weight excluding hydrogens is 344 g/mol. The molecule has 6 heteroatoms. The van der Waals surface area contributed by atoms with Crippen molar-refractivity contribution in [1.29, 1.82) is 0 Å². The first kappa shape index (κ1) is 14.4. The number of rotatable bonds is 2. The maximum atomic E-state index is 13.2. The van der Waals surface area contributed by atoms with E-state index < -0.39 is 23.6 Å². The molecule has 2 aromatic rings. The molecule has 0 aliphatic carbocycles. The van der Waals surface area contributed by atoms with E-state index in [-0.39, 0.29) is 10.6 Å². The summed E-state index contributed by atoms with van der Waals surface area (Å²) in [6, 6.07) is 5.25. The van der Waals surface area contributed by atoms with E-state index in [1.165, 1.54) is 6.07 Å². The maximum Gasteiger partial charge on any atom is 0.160 e. The van der Waals surface area contributed by atoms with Crippen molar-refractivity contribution in [2.45, 2.75) is 6.10 Å². The Morgan fingerprint density at radius 2 is 1.63 bits per heavy atom. The average molecular weight is 352 g/mol. The smallest absolute Gasteiger partial charge is 0.160 e. The van der Waals surface area contributed by atoms with Crippen LogP contribution in [0.4, 0.5) is 13.2 Å². The quantitative estimate of drug-likeness (QED) is 0.784. The second-order valence-electron chi connectivity index (χ2n) is 3.86. The monoisotopic (exact) mass is 350 g/mol. The Hall–Kier alpha value is -1.04. The van der Waals surface area contributed by atoms with Crippen LogP contribution in [0, 0.1) is 17.5 Å². The summed E-state index contributed by atoms with van der Waals surface area (Å²) in [5.74, 6) is -2.70. The second kappa shape index (κ2) is 5.53. The highest BCUT2D eigenvalue weighted by Gasteiger charge is 2.19. The largest absolute Gasteiger partial charge is 0.384 e. The first-order valence-electron chi connectivity index (χ1n) is 5.17. The first-order valence-corrected chi connectivity index (χ1v) is 6.34. The van der Waals surface area contributed by atoms with Crippen molar-refractivity contribution in [3.05, 3.63) is 68.4 Å². The fraction of sp³-hybridized carbons (Fsp3) is 0.0769. The van der Waals surface area contributed by atoms with Crippen molar-refractivity contribution < 1.29 is 18.3 Å². The molecule has 19 heavy (non-hydrogen) atoms. The summed E-state index contributed by atoms with van der Waals surface area (Å²) < 4.78 is 39.4. The van der Waals surface area contributed by atoms with E-state index in [4.69, 9.17) is 11.6 Å². The van der Waals surface area contributed by atoms with Crippen molar-refractivity contribution in [1.82, 2.24) is 0 Å². The Kier molecular flexibility index (Phi) is 4.18. The average Bonchev–Trinajstić information content (AvgIpc) is 2.33. The van der Waals surface area contributed by atoms with Gasteiger partial charge in [-0.1, -0.05) is 33.6 Å². The molecule has 2 aromatic carbocycles. The van der Waals surface area contributed by atoms with E-state index in [1.807, 2.05) is 0 Å². The van der Waals surface area contributed by atoms with Gasteiger partial charge in [-0.05, 0) is 29.8 Å². The molecule has 0 saturated carbocycles. The van der Waals surface area contributed by atoms with Crippen LogP contribution in [0.1, 0.15) is 17.2 Å². The van der Waals surface area contributed by atoms with Crippen molar-refractivity contribution in [3.8, 4) is 0 Å². The summed E-state index contributed by atoms with van der Waals surface area (Å²) in [4.78, 5) is 0. The van der Waals surface area contributed by atoms with Crippen LogP contribution in [0.2, 0.25) is 5.02 Å². The summed E-state index contributed by atoms with van der Waals surface area (Å²) in [7, 11) is 0. The number of hydrogen-bond donors (Lipinski definition) is 1. The Morgan fingerprint density at radius 1 is 1.00 bits per heavy atom. The lowest BCUT2D eigenvalue weighted by Gasteiger charge is -2.15. The molecule has 1 atom stereocenters. The Labute approximate surface area is 120 Å². The van der Waals surface area contributed by atoms with Gasteiger partial charge in [-0.3, -0.25) is 0 Å². The standard InChI is InChI=1S/C13H7BrClF3O/c14-9-3-6(16)1-2-7(9)13(19)8-4-11(17)12(18)5-10(8)15/h1-5,13,19H. The second-order valence-corrected chi connectivity index (χ2v) is 5.12. The normalized spacial score (nSPS) is 12.5. The van der Waals surface area contributed by atoms with E-state index in [1.54, 1.807) is 0 Å². The lowest BCUT2D eigenvalue weighted by Crippen LogP contribution is -2.03. The fourth-order valence-corrected chi connectivity index (χ4v) is 2.46. The lowest BCUT2D eigenvalue weighted by molar-refractivity contribution is 0.218. The summed E-state index contributed by atoms with van der Waals surface area (Å²) >= 11 is 8.87. The van der Waals surface area contributed by atoms with E-state index in [0.29, 0.717) is 10.0 Å². The molecule has 1 nitrogen and oxygen atoms in total. The zero-order valence-corrected chi connectivity index (χ0v) is 11.6. The molecular formula is C13H7BrClF3O. The molecule has 0 amide bonds. The van der Waals surface area contributed by atoms with Crippen molar-refractivity contribution in [2.75, 3.05) is 0 Å². The number of halogens is 5. The number of hydrogen-bond acceptors (Lipinski definition) is 1. The van der Waals surface area contributed by atoms with Crippen LogP contribution < -0.4 is 0 Å². The van der Waals surface area contributed by atoms with Crippen LogP contribution in [0.25, 0.3) is 0 Å². The molecule has 0 aromatic heterocycles. The molecule has 0 fully saturated rings. The molecule has 2 rings (SSSR count). The van der Waals surface area contributed by atoms with E-state index in [2.05, 4.69) is 15.9 Å². The van der Waals surface area contributed by atoms with Gasteiger partial charge in [-0.2, -0.15) is 0 Å². The van der Waals surface area contributed by atoms with Gasteiger partial charge in [-0.25, -0.2) is 13.2 Å². The Bertz CT molecular complexity index is 634. The van der Waals surface area contributed by atoms with Gasteiger partial charge in [0.2, 0.25) is 0 Å². The summed E-state index contributed by atoms with van der Waals surface area (Å²) in [5.41, 5.74) is 0.308. The minimum atomic E-state index is -1.29. The van der Waals surface area contributed by atoms with Gasteiger partial charge in [-0.15, -0.1) is 0 Å². The summed E-state index contributed by atoms with van der Waals surface area (Å²) in [6.07, 6.45) is -1.29. The first-order chi connectivity index (χ1) is 8.90. The van der Waals surface area contributed by atoms with Gasteiger partial charge in [0.15, 0.2) is 11.6 Å². The zero-order valence-electron chi connectivity index (χ0n) is 9.30. The van der Waals surface area contributed by atoms with Crippen LogP contribution >= 0.6 is 27.5 Å². The topological polar surface area (TPSA) is 20.2 Å². The molecule has 1 unspecified atom stereocenters. The number of aliphatic hydroxyl groups is 1. The minimum Gasteiger partial charge on any atom is -0.384 e. The Morgan fingerprint density at radius 3 is 2.26 bits per heavy atom. The molecule has 0 spiro atoms. The highest BCUT2D eigenvalue weighted by atomic mass is 79.9. The molecule has 0 bridgehead atoms. The summed E-state index contributed by atoms with van der Waals surface area (Å²) in [5, 5.41) is 10.0. The van der Waals surface area contributed by atoms with Crippen LogP contribution in [-0.4, -0.2) is 5.11 Å². The van der Waals surface area contributed by atoms with Crippen molar-refractivity contribution >= 4 is 27.5 Å². The van der Waals surface area contributed by atoms with Crippen LogP contribution in [-0.2, 0) is 0 Å². The van der Waals surface area contributed by atoms with Gasteiger partial charge >= 0.3 is 0 Å². The molecule has 1 N–H and O–H groups in total. The molecule has 0 saturated heterocycles. The van der Waals surface area contributed by atoms with Gasteiger partial charge in [0.1, 0.15) is 11.9 Å². The fourth-order valence-electron chi connectivity index (χ4n) is 1.64. The van der Waals surface area contributed by atoms with Crippen LogP contribution in [0.5, 0.6) is 0 Å². The molecule has 0 aliphatic heterocycles. The zero-order chi connectivity index (χ0) is 14.2. The van der Waals surface area contributed by atoms with Gasteiger partial charge in [0.25, 0.3) is 0 Å². The minimum absolute atomic E-state index is 0.00729. The lowest BCUT2D eigenvalue weighted by atomic mass is 10.0. The molecule has 0 heterocycles. The highest BCUT2D eigenvalue weighted by molar-refractivity contribution is 9.10. The molecule has 100 valence electrons. The van der Waals surface area contributed by atoms with Gasteiger partial charge in [0, 0.05) is 15.1 Å². The van der Waals surface area contributed by atoms with Crippen molar-refractivity contribution in [2.24, 2.45) is 0 Å². The third-order valence-corrected chi connectivity index (χ3v) is 3.61. The van der Waals surface area contributed by atoms with Gasteiger partial charge < -0.3 is 5.11 Å². The SMILES string of the molecule is OC(c1cc(F)c(F)cc1Cl)c1ccc(F)cc1Br. The Balaban J connectivity index is 2.49. The molecule has 0 aliphatic rings. The third-order valence-electron chi connectivity index (χ3n) is 2.59. The van der Waals surface area contributed by atoms with Crippen LogP contribution in [0.15, 0.2) is 34.8 Å². The number of benzene rings is 2. The third kappa shape index (κ3) is 2.94. The maximum absolute atomic E-state index is 13.2.